The molecule has 96 valence electrons. The van der Waals surface area contributed by atoms with Crippen molar-refractivity contribution in [2.45, 2.75) is 20.0 Å². The number of fused-ring (bicyclic) bond motifs is 1. The molecule has 0 amide bonds. The van der Waals surface area contributed by atoms with Crippen LogP contribution in [0.5, 0.6) is 17.2 Å². The zero-order chi connectivity index (χ0) is 13.3. The third kappa shape index (κ3) is 1.99. The van der Waals surface area contributed by atoms with Gasteiger partial charge in [0.2, 0.25) is 5.75 Å². The quantitative estimate of drug-likeness (QED) is 0.846. The summed E-state index contributed by atoms with van der Waals surface area (Å²) in [6.07, 6.45) is -0.0469. The predicted molar refractivity (Wildman–Crippen MR) is 66.5 cm³/mol. The van der Waals surface area contributed by atoms with Crippen molar-refractivity contribution in [2.75, 3.05) is 7.11 Å². The van der Waals surface area contributed by atoms with Gasteiger partial charge in [0.25, 0.3) is 0 Å². The minimum atomic E-state index is -0.832. The van der Waals surface area contributed by atoms with Crippen molar-refractivity contribution in [3.8, 4) is 17.2 Å². The van der Waals surface area contributed by atoms with Crippen LogP contribution in [0.2, 0.25) is 0 Å². The maximum Gasteiger partial charge on any atom is 0.382 e. The van der Waals surface area contributed by atoms with Crippen molar-refractivity contribution in [3.63, 3.8) is 0 Å². The Labute approximate surface area is 104 Å². The van der Waals surface area contributed by atoms with Gasteiger partial charge >= 0.3 is 5.63 Å². The van der Waals surface area contributed by atoms with Crippen LogP contribution in [0.1, 0.15) is 13.8 Å². The summed E-state index contributed by atoms with van der Waals surface area (Å²) in [5, 5.41) is 10.1. The molecule has 0 saturated heterocycles. The van der Waals surface area contributed by atoms with Crippen LogP contribution in [0.4, 0.5) is 0 Å². The molecule has 0 aliphatic heterocycles. The van der Waals surface area contributed by atoms with Crippen molar-refractivity contribution in [3.05, 3.63) is 28.6 Å². The van der Waals surface area contributed by atoms with Gasteiger partial charge in [0.15, 0.2) is 5.75 Å². The Morgan fingerprint density at radius 3 is 2.67 bits per heavy atom. The van der Waals surface area contributed by atoms with E-state index in [2.05, 4.69) is 0 Å². The first-order valence-corrected chi connectivity index (χ1v) is 5.54. The van der Waals surface area contributed by atoms with E-state index in [1.165, 1.54) is 7.11 Å². The molecule has 2 aromatic rings. The van der Waals surface area contributed by atoms with E-state index in [-0.39, 0.29) is 11.9 Å². The second-order valence-corrected chi connectivity index (χ2v) is 4.07. The fraction of sp³-hybridized carbons (Fsp3) is 0.308. The second-order valence-electron chi connectivity index (χ2n) is 4.07. The van der Waals surface area contributed by atoms with Gasteiger partial charge in [0, 0.05) is 0 Å². The Kier molecular flexibility index (Phi) is 3.14. The summed E-state index contributed by atoms with van der Waals surface area (Å²) in [4.78, 5) is 11.4. The Balaban J connectivity index is 2.81. The number of rotatable bonds is 3. The van der Waals surface area contributed by atoms with Gasteiger partial charge in [0.05, 0.1) is 13.2 Å². The summed E-state index contributed by atoms with van der Waals surface area (Å²) < 4.78 is 15.7. The maximum absolute atomic E-state index is 11.4. The third-order valence-electron chi connectivity index (χ3n) is 2.39. The van der Waals surface area contributed by atoms with E-state index < -0.39 is 11.4 Å². The van der Waals surface area contributed by atoms with E-state index in [1.807, 2.05) is 13.8 Å². The molecule has 0 atom stereocenters. The summed E-state index contributed by atoms with van der Waals surface area (Å²) in [5.74, 6) is 0.0145. The third-order valence-corrected chi connectivity index (χ3v) is 2.39. The zero-order valence-electron chi connectivity index (χ0n) is 10.4. The first kappa shape index (κ1) is 12.3. The summed E-state index contributed by atoms with van der Waals surface area (Å²) >= 11 is 0. The molecule has 1 aromatic heterocycles. The van der Waals surface area contributed by atoms with Crippen molar-refractivity contribution >= 4 is 11.0 Å². The maximum atomic E-state index is 11.4. The minimum absolute atomic E-state index is 0.0469. The second kappa shape index (κ2) is 4.60. The molecule has 0 radical (unpaired) electrons. The summed E-state index contributed by atoms with van der Waals surface area (Å²) in [6.45, 7) is 3.76. The highest BCUT2D eigenvalue weighted by Gasteiger charge is 2.18. The lowest BCUT2D eigenvalue weighted by atomic mass is 10.2. The molecular formula is C13H14O5. The molecule has 1 heterocycles. The Morgan fingerprint density at radius 1 is 1.33 bits per heavy atom. The highest BCUT2D eigenvalue weighted by atomic mass is 16.5. The minimum Gasteiger partial charge on any atom is -0.499 e. The van der Waals surface area contributed by atoms with Gasteiger partial charge in [-0.25, -0.2) is 4.79 Å². The lowest BCUT2D eigenvalue weighted by Crippen LogP contribution is -2.07. The van der Waals surface area contributed by atoms with Gasteiger partial charge in [-0.2, -0.15) is 0 Å². The van der Waals surface area contributed by atoms with E-state index in [9.17, 15) is 9.90 Å². The summed E-state index contributed by atoms with van der Waals surface area (Å²) in [7, 11) is 1.38. The van der Waals surface area contributed by atoms with Crippen molar-refractivity contribution in [1.82, 2.24) is 0 Å². The zero-order valence-corrected chi connectivity index (χ0v) is 10.4. The lowest BCUT2D eigenvalue weighted by molar-refractivity contribution is 0.244. The topological polar surface area (TPSA) is 68.9 Å². The van der Waals surface area contributed by atoms with Crippen LogP contribution in [-0.2, 0) is 0 Å². The SMILES string of the molecule is COc1c(O)c(=O)oc2cccc(OC(C)C)c12. The van der Waals surface area contributed by atoms with Gasteiger partial charge in [-0.3, -0.25) is 0 Å². The van der Waals surface area contributed by atoms with Crippen LogP contribution in [0.25, 0.3) is 11.0 Å². The lowest BCUT2D eigenvalue weighted by Gasteiger charge is -2.14. The Morgan fingerprint density at radius 2 is 2.06 bits per heavy atom. The average Bonchev–Trinajstić information content (AvgIpc) is 2.31. The molecule has 0 aliphatic rings. The van der Waals surface area contributed by atoms with Crippen LogP contribution < -0.4 is 15.1 Å². The predicted octanol–water partition coefficient (Wildman–Crippen LogP) is 2.29. The first-order valence-electron chi connectivity index (χ1n) is 5.54. The standard InChI is InChI=1S/C13H14O5/c1-7(2)17-8-5-4-6-9-10(8)12(16-3)11(14)13(15)18-9/h4-7,14H,1-3H3. The molecule has 0 bridgehead atoms. The highest BCUT2D eigenvalue weighted by Crippen LogP contribution is 2.38. The van der Waals surface area contributed by atoms with E-state index in [4.69, 9.17) is 13.9 Å². The molecule has 5 nitrogen and oxygen atoms in total. The average molecular weight is 250 g/mol. The molecule has 0 aliphatic carbocycles. The van der Waals surface area contributed by atoms with Gasteiger partial charge in [-0.15, -0.1) is 0 Å². The number of benzene rings is 1. The molecule has 0 unspecified atom stereocenters. The smallest absolute Gasteiger partial charge is 0.382 e. The largest absolute Gasteiger partial charge is 0.499 e. The number of aromatic hydroxyl groups is 1. The van der Waals surface area contributed by atoms with Crippen molar-refractivity contribution in [2.24, 2.45) is 0 Å². The molecule has 0 saturated carbocycles. The van der Waals surface area contributed by atoms with Crippen LogP contribution in [0.3, 0.4) is 0 Å². The molecule has 2 rings (SSSR count). The highest BCUT2D eigenvalue weighted by molar-refractivity contribution is 5.91. The molecular weight excluding hydrogens is 236 g/mol. The number of methoxy groups -OCH3 is 1. The summed E-state index contributed by atoms with van der Waals surface area (Å²) in [6, 6.07) is 5.05. The van der Waals surface area contributed by atoms with Crippen LogP contribution in [-0.4, -0.2) is 18.3 Å². The van der Waals surface area contributed by atoms with E-state index in [0.717, 1.165) is 0 Å². The molecule has 0 spiro atoms. The molecule has 5 heteroatoms. The monoisotopic (exact) mass is 250 g/mol. The number of ether oxygens (including phenoxy) is 2. The van der Waals surface area contributed by atoms with E-state index in [0.29, 0.717) is 16.7 Å². The van der Waals surface area contributed by atoms with Gasteiger partial charge in [0.1, 0.15) is 16.7 Å². The van der Waals surface area contributed by atoms with Crippen LogP contribution >= 0.6 is 0 Å². The fourth-order valence-corrected chi connectivity index (χ4v) is 1.73. The van der Waals surface area contributed by atoms with Crippen molar-refractivity contribution < 1.29 is 19.0 Å². The van der Waals surface area contributed by atoms with Crippen LogP contribution in [0.15, 0.2) is 27.4 Å². The fourth-order valence-electron chi connectivity index (χ4n) is 1.73. The van der Waals surface area contributed by atoms with E-state index in [1.54, 1.807) is 18.2 Å². The first-order chi connectivity index (χ1) is 8.54. The van der Waals surface area contributed by atoms with Crippen LogP contribution in [0, 0.1) is 0 Å². The Hall–Kier alpha value is -2.17. The molecule has 1 N–H and O–H groups in total. The molecule has 1 aromatic carbocycles. The van der Waals surface area contributed by atoms with Crippen molar-refractivity contribution in [1.29, 1.82) is 0 Å². The van der Waals surface area contributed by atoms with Gasteiger partial charge in [-0.05, 0) is 26.0 Å². The number of hydrogen-bond donors (Lipinski definition) is 1. The number of hydrogen-bond acceptors (Lipinski definition) is 5. The molecule has 0 fully saturated rings. The van der Waals surface area contributed by atoms with Gasteiger partial charge < -0.3 is 19.0 Å². The normalized spacial score (nSPS) is 10.9. The Bertz CT molecular complexity index is 627. The van der Waals surface area contributed by atoms with E-state index >= 15 is 0 Å². The molecule has 18 heavy (non-hydrogen) atoms. The summed E-state index contributed by atoms with van der Waals surface area (Å²) in [5.41, 5.74) is -0.520. The van der Waals surface area contributed by atoms with Gasteiger partial charge in [-0.1, -0.05) is 6.07 Å².